The average Bonchev–Trinajstić information content (AvgIpc) is 2.61. The molecule has 1 aliphatic rings. The summed E-state index contributed by atoms with van der Waals surface area (Å²) in [7, 11) is 0. The van der Waals surface area contributed by atoms with Crippen molar-refractivity contribution in [3.63, 3.8) is 0 Å². The summed E-state index contributed by atoms with van der Waals surface area (Å²) in [5.74, 6) is -1.10. The highest BCUT2D eigenvalue weighted by Crippen LogP contribution is 2.26. The van der Waals surface area contributed by atoms with Gasteiger partial charge in [-0.25, -0.2) is 8.78 Å². The van der Waals surface area contributed by atoms with Crippen molar-refractivity contribution < 1.29 is 13.7 Å². The third kappa shape index (κ3) is 3.76. The third-order valence-electron chi connectivity index (χ3n) is 4.70. The Kier molecular flexibility index (Phi) is 4.94. The van der Waals surface area contributed by atoms with Gasteiger partial charge in [0.15, 0.2) is 0 Å². The van der Waals surface area contributed by atoms with E-state index in [1.807, 2.05) is 6.92 Å². The van der Waals surface area contributed by atoms with E-state index in [4.69, 9.17) is 0 Å². The van der Waals surface area contributed by atoms with Crippen LogP contribution in [0.3, 0.4) is 0 Å². The van der Waals surface area contributed by atoms with E-state index in [9.17, 15) is 18.9 Å². The molecule has 0 spiro atoms. The van der Waals surface area contributed by atoms with Crippen molar-refractivity contribution >= 4 is 11.4 Å². The van der Waals surface area contributed by atoms with Crippen molar-refractivity contribution in [2.45, 2.75) is 13.0 Å². The maximum Gasteiger partial charge on any atom is 0.269 e. The SMILES string of the molecule is CC(c1ccc(F)cc1F)N1CCN(c2ccc([N+](=O)[O-])cc2)CC1. The van der Waals surface area contributed by atoms with Crippen LogP contribution in [0.5, 0.6) is 0 Å². The molecule has 0 bridgehead atoms. The van der Waals surface area contributed by atoms with Gasteiger partial charge in [0.1, 0.15) is 11.6 Å². The second-order valence-corrected chi connectivity index (χ2v) is 6.14. The molecule has 0 N–H and O–H groups in total. The molecule has 25 heavy (non-hydrogen) atoms. The molecule has 2 aromatic rings. The van der Waals surface area contributed by atoms with Gasteiger partial charge in [-0.2, -0.15) is 0 Å². The summed E-state index contributed by atoms with van der Waals surface area (Å²) in [6.07, 6.45) is 0. The molecule has 1 fully saturated rings. The molecule has 0 amide bonds. The maximum absolute atomic E-state index is 14.0. The maximum atomic E-state index is 14.0. The lowest BCUT2D eigenvalue weighted by Gasteiger charge is -2.39. The number of halogens is 2. The van der Waals surface area contributed by atoms with Gasteiger partial charge in [-0.1, -0.05) is 6.07 Å². The number of nitro groups is 1. The van der Waals surface area contributed by atoms with E-state index in [1.54, 1.807) is 12.1 Å². The monoisotopic (exact) mass is 347 g/mol. The first-order chi connectivity index (χ1) is 12.0. The van der Waals surface area contributed by atoms with Crippen LogP contribution in [-0.4, -0.2) is 36.0 Å². The molecule has 0 aliphatic carbocycles. The molecule has 1 unspecified atom stereocenters. The van der Waals surface area contributed by atoms with E-state index in [1.165, 1.54) is 24.3 Å². The molecule has 1 aliphatic heterocycles. The minimum absolute atomic E-state index is 0.0720. The number of rotatable bonds is 4. The van der Waals surface area contributed by atoms with Crippen molar-refractivity contribution in [2.75, 3.05) is 31.1 Å². The smallest absolute Gasteiger partial charge is 0.269 e. The van der Waals surface area contributed by atoms with Crippen molar-refractivity contribution in [3.05, 3.63) is 69.8 Å². The van der Waals surface area contributed by atoms with Crippen LogP contribution in [0.25, 0.3) is 0 Å². The molecule has 0 aromatic heterocycles. The first-order valence-electron chi connectivity index (χ1n) is 8.14. The first-order valence-corrected chi connectivity index (χ1v) is 8.14. The summed E-state index contributed by atoms with van der Waals surface area (Å²) in [5.41, 5.74) is 1.50. The van der Waals surface area contributed by atoms with Gasteiger partial charge in [0, 0.05) is 61.7 Å². The Hall–Kier alpha value is -2.54. The van der Waals surface area contributed by atoms with Crippen LogP contribution in [0.1, 0.15) is 18.5 Å². The number of nitro benzene ring substituents is 1. The minimum atomic E-state index is -0.573. The van der Waals surface area contributed by atoms with Crippen LogP contribution in [0.2, 0.25) is 0 Å². The Morgan fingerprint density at radius 2 is 1.68 bits per heavy atom. The summed E-state index contributed by atoms with van der Waals surface area (Å²) in [5, 5.41) is 10.7. The normalized spacial score (nSPS) is 16.7. The van der Waals surface area contributed by atoms with Gasteiger partial charge in [0.05, 0.1) is 4.92 Å². The molecule has 1 atom stereocenters. The second kappa shape index (κ2) is 7.14. The van der Waals surface area contributed by atoms with Crippen LogP contribution in [0, 0.1) is 21.7 Å². The van der Waals surface area contributed by atoms with E-state index >= 15 is 0 Å². The quantitative estimate of drug-likeness (QED) is 0.624. The van der Waals surface area contributed by atoms with Gasteiger partial charge in [-0.15, -0.1) is 0 Å². The van der Waals surface area contributed by atoms with Gasteiger partial charge in [-0.05, 0) is 25.1 Å². The number of anilines is 1. The number of hydrogen-bond acceptors (Lipinski definition) is 4. The Morgan fingerprint density at radius 3 is 2.24 bits per heavy atom. The van der Waals surface area contributed by atoms with Crippen LogP contribution < -0.4 is 4.90 Å². The van der Waals surface area contributed by atoms with Crippen molar-refractivity contribution in [1.82, 2.24) is 4.90 Å². The van der Waals surface area contributed by atoms with E-state index in [0.717, 1.165) is 37.9 Å². The summed E-state index contributed by atoms with van der Waals surface area (Å²) in [6, 6.07) is 10.0. The Bertz CT molecular complexity index is 759. The van der Waals surface area contributed by atoms with E-state index < -0.39 is 16.6 Å². The van der Waals surface area contributed by atoms with Crippen LogP contribution >= 0.6 is 0 Å². The summed E-state index contributed by atoms with van der Waals surface area (Å²) < 4.78 is 27.0. The highest BCUT2D eigenvalue weighted by Gasteiger charge is 2.24. The summed E-state index contributed by atoms with van der Waals surface area (Å²) >= 11 is 0. The van der Waals surface area contributed by atoms with Gasteiger partial charge >= 0.3 is 0 Å². The summed E-state index contributed by atoms with van der Waals surface area (Å²) in [6.45, 7) is 4.86. The lowest BCUT2D eigenvalue weighted by atomic mass is 10.0. The molecular formula is C18H19F2N3O2. The predicted octanol–water partition coefficient (Wildman–Crippen LogP) is 3.76. The van der Waals surface area contributed by atoms with Crippen molar-refractivity contribution in [3.8, 4) is 0 Å². The molecule has 3 rings (SSSR count). The van der Waals surface area contributed by atoms with Gasteiger partial charge in [-0.3, -0.25) is 15.0 Å². The van der Waals surface area contributed by atoms with Gasteiger partial charge in [0.25, 0.3) is 5.69 Å². The molecule has 132 valence electrons. The van der Waals surface area contributed by atoms with Gasteiger partial charge in [0.2, 0.25) is 0 Å². The fraction of sp³-hybridized carbons (Fsp3) is 0.333. The van der Waals surface area contributed by atoms with Crippen LogP contribution in [0.15, 0.2) is 42.5 Å². The molecule has 0 saturated carbocycles. The molecule has 5 nitrogen and oxygen atoms in total. The number of nitrogens with zero attached hydrogens (tertiary/aromatic N) is 3. The van der Waals surface area contributed by atoms with Crippen molar-refractivity contribution in [2.24, 2.45) is 0 Å². The standard InChI is InChI=1S/C18H19F2N3O2/c1-13(17-7-2-14(19)12-18(17)20)21-8-10-22(11-9-21)15-3-5-16(6-4-15)23(24)25/h2-7,12-13H,8-11H2,1H3. The highest BCUT2D eigenvalue weighted by atomic mass is 19.1. The number of hydrogen-bond donors (Lipinski definition) is 0. The predicted molar refractivity (Wildman–Crippen MR) is 91.7 cm³/mol. The fourth-order valence-electron chi connectivity index (χ4n) is 3.19. The lowest BCUT2D eigenvalue weighted by molar-refractivity contribution is -0.384. The van der Waals surface area contributed by atoms with Crippen LogP contribution in [0.4, 0.5) is 20.2 Å². The molecular weight excluding hydrogens is 328 g/mol. The average molecular weight is 347 g/mol. The summed E-state index contributed by atoms with van der Waals surface area (Å²) in [4.78, 5) is 14.6. The Morgan fingerprint density at radius 1 is 1.04 bits per heavy atom. The topological polar surface area (TPSA) is 49.6 Å². The van der Waals surface area contributed by atoms with Crippen LogP contribution in [-0.2, 0) is 0 Å². The second-order valence-electron chi connectivity index (χ2n) is 6.14. The number of non-ortho nitro benzene ring substituents is 1. The zero-order chi connectivity index (χ0) is 18.0. The zero-order valence-electron chi connectivity index (χ0n) is 13.9. The van der Waals surface area contributed by atoms with E-state index in [-0.39, 0.29) is 11.7 Å². The number of piperazine rings is 1. The number of benzene rings is 2. The Balaban J connectivity index is 1.64. The lowest BCUT2D eigenvalue weighted by Crippen LogP contribution is -2.47. The van der Waals surface area contributed by atoms with E-state index in [2.05, 4.69) is 9.80 Å². The fourth-order valence-corrected chi connectivity index (χ4v) is 3.19. The largest absolute Gasteiger partial charge is 0.369 e. The Labute approximate surface area is 144 Å². The molecule has 7 heteroatoms. The first kappa shape index (κ1) is 17.3. The molecule has 2 aromatic carbocycles. The van der Waals surface area contributed by atoms with Gasteiger partial charge < -0.3 is 4.90 Å². The minimum Gasteiger partial charge on any atom is -0.369 e. The highest BCUT2D eigenvalue weighted by molar-refractivity contribution is 5.51. The van der Waals surface area contributed by atoms with E-state index in [0.29, 0.717) is 5.56 Å². The zero-order valence-corrected chi connectivity index (χ0v) is 13.9. The van der Waals surface area contributed by atoms with Crippen molar-refractivity contribution in [1.29, 1.82) is 0 Å². The third-order valence-corrected chi connectivity index (χ3v) is 4.70. The molecule has 1 saturated heterocycles. The molecule has 1 heterocycles. The molecule has 0 radical (unpaired) electrons.